The van der Waals surface area contributed by atoms with Crippen molar-refractivity contribution in [3.05, 3.63) is 29.8 Å². The van der Waals surface area contributed by atoms with Gasteiger partial charge in [0, 0.05) is 33.4 Å². The molecule has 19 heavy (non-hydrogen) atoms. The quantitative estimate of drug-likeness (QED) is 0.891. The smallest absolute Gasteiger partial charge is 0.239 e. The third kappa shape index (κ3) is 3.47. The number of carbonyl (C=O) groups is 1. The summed E-state index contributed by atoms with van der Waals surface area (Å²) >= 11 is 0. The Morgan fingerprint density at radius 2 is 1.95 bits per heavy atom. The van der Waals surface area contributed by atoms with Gasteiger partial charge in [0.2, 0.25) is 5.91 Å². The minimum atomic E-state index is 0.0195. The van der Waals surface area contributed by atoms with E-state index in [2.05, 4.69) is 34.5 Å². The summed E-state index contributed by atoms with van der Waals surface area (Å²) in [4.78, 5) is 16.1. The number of hydrogen-bond donors (Lipinski definition) is 1. The van der Waals surface area contributed by atoms with Gasteiger partial charge < -0.3 is 15.1 Å². The molecule has 1 atom stereocenters. The van der Waals surface area contributed by atoms with Crippen LogP contribution in [-0.4, -0.2) is 44.5 Å². The van der Waals surface area contributed by atoms with Crippen molar-refractivity contribution in [2.75, 3.05) is 32.6 Å². The molecule has 1 aliphatic heterocycles. The lowest BCUT2D eigenvalue weighted by molar-refractivity contribution is -0.132. The van der Waals surface area contributed by atoms with Crippen molar-refractivity contribution >= 4 is 11.6 Å². The maximum atomic E-state index is 12.2. The van der Waals surface area contributed by atoms with E-state index in [-0.39, 0.29) is 11.9 Å². The second-order valence-electron chi connectivity index (χ2n) is 5.40. The minimum absolute atomic E-state index is 0.0195. The number of likely N-dealkylation sites (N-methyl/N-ethyl adjacent to an activating group) is 1. The normalized spacial score (nSPS) is 18.4. The molecule has 1 fully saturated rings. The monoisotopic (exact) mass is 261 g/mol. The molecule has 0 saturated carbocycles. The number of nitrogens with one attached hydrogen (secondary N) is 1. The zero-order valence-corrected chi connectivity index (χ0v) is 12.0. The summed E-state index contributed by atoms with van der Waals surface area (Å²) in [6, 6.07) is 8.36. The van der Waals surface area contributed by atoms with Gasteiger partial charge in [-0.25, -0.2) is 0 Å². The van der Waals surface area contributed by atoms with Gasteiger partial charge in [-0.1, -0.05) is 12.1 Å². The first kappa shape index (κ1) is 13.9. The Morgan fingerprint density at radius 3 is 2.47 bits per heavy atom. The number of hydrogen-bond acceptors (Lipinski definition) is 3. The van der Waals surface area contributed by atoms with E-state index in [4.69, 9.17) is 0 Å². The van der Waals surface area contributed by atoms with Gasteiger partial charge in [-0.05, 0) is 37.1 Å². The van der Waals surface area contributed by atoms with Crippen LogP contribution in [0.3, 0.4) is 0 Å². The summed E-state index contributed by atoms with van der Waals surface area (Å²) in [5.41, 5.74) is 2.34. The average Bonchev–Trinajstić information content (AvgIpc) is 2.92. The Balaban J connectivity index is 1.94. The highest BCUT2D eigenvalue weighted by Crippen LogP contribution is 2.14. The van der Waals surface area contributed by atoms with E-state index in [9.17, 15) is 4.79 Å². The molecule has 4 heteroatoms. The summed E-state index contributed by atoms with van der Waals surface area (Å²) in [5.74, 6) is 0.203. The van der Waals surface area contributed by atoms with Crippen molar-refractivity contribution < 1.29 is 4.79 Å². The largest absolute Gasteiger partial charge is 0.378 e. The molecule has 1 aromatic carbocycles. The average molecular weight is 261 g/mol. The van der Waals surface area contributed by atoms with E-state index in [1.54, 1.807) is 0 Å². The van der Waals surface area contributed by atoms with E-state index in [1.807, 2.05) is 26.0 Å². The maximum absolute atomic E-state index is 12.2. The van der Waals surface area contributed by atoms with Crippen molar-refractivity contribution in [2.24, 2.45) is 0 Å². The van der Waals surface area contributed by atoms with Gasteiger partial charge in [-0.3, -0.25) is 4.79 Å². The van der Waals surface area contributed by atoms with Crippen LogP contribution in [0.15, 0.2) is 24.3 Å². The molecule has 1 aliphatic rings. The first-order valence-corrected chi connectivity index (χ1v) is 6.82. The summed E-state index contributed by atoms with van der Waals surface area (Å²) in [6.07, 6.45) is 2.06. The fourth-order valence-electron chi connectivity index (χ4n) is 2.41. The number of anilines is 1. The molecule has 1 heterocycles. The van der Waals surface area contributed by atoms with E-state index < -0.39 is 0 Å². The molecular formula is C15H23N3O. The van der Waals surface area contributed by atoms with Crippen LogP contribution in [0, 0.1) is 0 Å². The third-order valence-corrected chi connectivity index (χ3v) is 3.61. The summed E-state index contributed by atoms with van der Waals surface area (Å²) in [5, 5.41) is 3.25. The van der Waals surface area contributed by atoms with Crippen LogP contribution in [0.25, 0.3) is 0 Å². The second kappa shape index (κ2) is 6.06. The molecule has 0 unspecified atom stereocenters. The lowest BCUT2D eigenvalue weighted by Crippen LogP contribution is -2.41. The van der Waals surface area contributed by atoms with Crippen LogP contribution in [0.2, 0.25) is 0 Å². The van der Waals surface area contributed by atoms with Crippen LogP contribution >= 0.6 is 0 Å². The fourth-order valence-corrected chi connectivity index (χ4v) is 2.41. The van der Waals surface area contributed by atoms with E-state index in [0.29, 0.717) is 6.54 Å². The number of rotatable bonds is 4. The maximum Gasteiger partial charge on any atom is 0.239 e. The Morgan fingerprint density at radius 1 is 1.26 bits per heavy atom. The van der Waals surface area contributed by atoms with Crippen LogP contribution in [0.5, 0.6) is 0 Å². The molecule has 0 aliphatic carbocycles. The molecular weight excluding hydrogens is 238 g/mol. The van der Waals surface area contributed by atoms with Crippen LogP contribution < -0.4 is 10.2 Å². The standard InChI is InChI=1S/C15H23N3O/c1-17(2)13-8-6-12(7-9-13)11-18(3)15(19)14-5-4-10-16-14/h6-9,14,16H,4-5,10-11H2,1-3H3/t14-/m0/s1. The number of nitrogens with zero attached hydrogens (tertiary/aromatic N) is 2. The number of amides is 1. The highest BCUT2D eigenvalue weighted by atomic mass is 16.2. The van der Waals surface area contributed by atoms with Crippen LogP contribution in [-0.2, 0) is 11.3 Å². The van der Waals surface area contributed by atoms with Crippen molar-refractivity contribution in [3.63, 3.8) is 0 Å². The number of carbonyl (C=O) groups excluding carboxylic acids is 1. The highest BCUT2D eigenvalue weighted by molar-refractivity contribution is 5.81. The molecule has 4 nitrogen and oxygen atoms in total. The predicted octanol–water partition coefficient (Wildman–Crippen LogP) is 1.46. The lowest BCUT2D eigenvalue weighted by atomic mass is 10.1. The predicted molar refractivity (Wildman–Crippen MR) is 78.3 cm³/mol. The number of benzene rings is 1. The molecule has 1 amide bonds. The van der Waals surface area contributed by atoms with Crippen molar-refractivity contribution in [1.29, 1.82) is 0 Å². The van der Waals surface area contributed by atoms with Crippen molar-refractivity contribution in [2.45, 2.75) is 25.4 Å². The van der Waals surface area contributed by atoms with Gasteiger partial charge in [0.1, 0.15) is 0 Å². The molecule has 104 valence electrons. The Kier molecular flexibility index (Phi) is 4.43. The Labute approximate surface area is 115 Å². The Hall–Kier alpha value is -1.55. The third-order valence-electron chi connectivity index (χ3n) is 3.61. The van der Waals surface area contributed by atoms with Crippen LogP contribution in [0.1, 0.15) is 18.4 Å². The first-order valence-electron chi connectivity index (χ1n) is 6.82. The van der Waals surface area contributed by atoms with Gasteiger partial charge in [0.25, 0.3) is 0 Å². The Bertz CT molecular complexity index is 422. The molecule has 2 rings (SSSR count). The molecule has 1 N–H and O–H groups in total. The molecule has 0 aromatic heterocycles. The topological polar surface area (TPSA) is 35.6 Å². The van der Waals surface area contributed by atoms with E-state index >= 15 is 0 Å². The van der Waals surface area contributed by atoms with Gasteiger partial charge in [0.15, 0.2) is 0 Å². The van der Waals surface area contributed by atoms with Gasteiger partial charge in [0.05, 0.1) is 6.04 Å². The van der Waals surface area contributed by atoms with Crippen LogP contribution in [0.4, 0.5) is 5.69 Å². The SMILES string of the molecule is CN(Cc1ccc(N(C)C)cc1)C(=O)[C@@H]1CCCN1. The van der Waals surface area contributed by atoms with Gasteiger partial charge in [-0.15, -0.1) is 0 Å². The molecule has 0 spiro atoms. The summed E-state index contributed by atoms with van der Waals surface area (Å²) in [6.45, 7) is 1.63. The zero-order valence-electron chi connectivity index (χ0n) is 12.0. The van der Waals surface area contributed by atoms with Crippen molar-refractivity contribution in [3.8, 4) is 0 Å². The second-order valence-corrected chi connectivity index (χ2v) is 5.40. The van der Waals surface area contributed by atoms with E-state index in [0.717, 1.165) is 19.4 Å². The molecule has 0 radical (unpaired) electrons. The highest BCUT2D eigenvalue weighted by Gasteiger charge is 2.24. The molecule has 1 aromatic rings. The molecule has 1 saturated heterocycles. The summed E-state index contributed by atoms with van der Waals surface area (Å²) < 4.78 is 0. The first-order chi connectivity index (χ1) is 9.08. The molecule has 0 bridgehead atoms. The minimum Gasteiger partial charge on any atom is -0.378 e. The lowest BCUT2D eigenvalue weighted by Gasteiger charge is -2.21. The van der Waals surface area contributed by atoms with Crippen molar-refractivity contribution in [1.82, 2.24) is 10.2 Å². The zero-order chi connectivity index (χ0) is 13.8. The fraction of sp³-hybridized carbons (Fsp3) is 0.533. The summed E-state index contributed by atoms with van der Waals surface area (Å²) in [7, 11) is 5.93. The van der Waals surface area contributed by atoms with Gasteiger partial charge in [-0.2, -0.15) is 0 Å². The van der Waals surface area contributed by atoms with E-state index in [1.165, 1.54) is 11.3 Å². The van der Waals surface area contributed by atoms with Gasteiger partial charge >= 0.3 is 0 Å².